The first-order valence-electron chi connectivity index (χ1n) is 0.463. The van der Waals surface area contributed by atoms with Crippen molar-refractivity contribution in [3.05, 3.63) is 0 Å². The van der Waals surface area contributed by atoms with Crippen LogP contribution in [0.3, 0.4) is 0 Å². The van der Waals surface area contributed by atoms with Gasteiger partial charge in [-0.2, -0.15) is 0 Å². The first-order chi connectivity index (χ1) is 1.73. The highest BCUT2D eigenvalue weighted by molar-refractivity contribution is 7.81. The van der Waals surface area contributed by atoms with E-state index < -0.39 is 12.1 Å². The molecule has 0 radical (unpaired) electrons. The van der Waals surface area contributed by atoms with Crippen LogP contribution in [0.4, 0.5) is 11.7 Å². The van der Waals surface area contributed by atoms with Crippen molar-refractivity contribution >= 4 is 12.1 Å². The van der Waals surface area contributed by atoms with Gasteiger partial charge in [-0.1, -0.05) is 0 Å². The molecule has 0 fully saturated rings. The fourth-order valence-corrected chi connectivity index (χ4v) is 0. The number of hydrogen-bond donors (Lipinski definition) is 0. The molecule has 0 nitrogen and oxygen atoms in total. The Kier molecular flexibility index (Phi) is 8.03. The molecular weight excluding hydrogens is 125 g/mol. The fraction of sp³-hybridized carbons (Fsp3) is 0. The van der Waals surface area contributed by atoms with Gasteiger partial charge in [-0.05, 0) is 0 Å². The Bertz CT molecular complexity index is 11.6. The van der Waals surface area contributed by atoms with E-state index in [0.717, 1.165) is 0 Å². The summed E-state index contributed by atoms with van der Waals surface area (Å²) in [6.07, 6.45) is 0. The molecule has 0 amide bonds. The lowest BCUT2D eigenvalue weighted by Gasteiger charge is -1.37. The van der Waals surface area contributed by atoms with Gasteiger partial charge in [0, 0.05) is 0 Å². The van der Waals surface area contributed by atoms with Gasteiger partial charge >= 0.3 is 12.1 Å². The second-order valence-corrected chi connectivity index (χ2v) is 0.525. The predicted molar refractivity (Wildman–Crippen MR) is 10.7 cm³/mol. The third-order valence-electron chi connectivity index (χ3n) is 0. The van der Waals surface area contributed by atoms with E-state index in [-0.39, 0.29) is 12.4 Å². The minimum atomic E-state index is -3.86. The Balaban J connectivity index is 0. The molecule has 0 aliphatic carbocycles. The summed E-state index contributed by atoms with van der Waals surface area (Å²) >= 11 is -3.86. The van der Waals surface area contributed by atoms with Gasteiger partial charge in [-0.25, -0.2) is 0 Å². The van der Waals surface area contributed by atoms with Crippen LogP contribution < -0.4 is 12.4 Å². The summed E-state index contributed by atoms with van der Waals surface area (Å²) in [5.74, 6) is 0. The zero-order valence-corrected chi connectivity index (χ0v) is 3.49. The van der Waals surface area contributed by atoms with E-state index in [9.17, 15) is 11.7 Å². The molecule has 5 heteroatoms. The minimum absolute atomic E-state index is 0. The van der Waals surface area contributed by atoms with Gasteiger partial charge in [0.1, 0.15) is 11.7 Å². The molecule has 0 N–H and O–H groups in total. The summed E-state index contributed by atoms with van der Waals surface area (Å²) in [5.41, 5.74) is 0. The highest BCUT2D eigenvalue weighted by Crippen LogP contribution is 1.95. The third kappa shape index (κ3) is 141. The van der Waals surface area contributed by atoms with Gasteiger partial charge in [0.25, 0.3) is 0 Å². The molecule has 0 aromatic heterocycles. The maximum atomic E-state index is 9.69. The van der Waals surface area contributed by atoms with Crippen molar-refractivity contribution in [1.82, 2.24) is 0 Å². The first kappa shape index (κ1) is 9.06. The zero-order valence-electron chi connectivity index (χ0n) is 1.92. The maximum absolute atomic E-state index is 9.69. The third-order valence-corrected chi connectivity index (χ3v) is 0. The first-order valence-corrected chi connectivity index (χ1v) is 1.39. The predicted octanol–water partition coefficient (Wildman–Crippen LogP) is -1.74. The largest absolute Gasteiger partial charge is 1.00 e. The Labute approximate surface area is 37.0 Å². The topological polar surface area (TPSA) is 0 Å². The van der Waals surface area contributed by atoms with Crippen LogP contribution in [0.2, 0.25) is 0 Å². The molecule has 34 valence electrons. The number of halogens is 4. The van der Waals surface area contributed by atoms with Gasteiger partial charge in [-0.15, -0.1) is 0 Å². The standard InChI is InChI=1S/ClH.F3S/c;1-4(2)3/h1H;/q;+1/p-1. The van der Waals surface area contributed by atoms with Crippen LogP contribution in [0.25, 0.3) is 0 Å². The summed E-state index contributed by atoms with van der Waals surface area (Å²) in [6.45, 7) is 0. The van der Waals surface area contributed by atoms with Crippen LogP contribution in [-0.4, -0.2) is 0 Å². The Morgan fingerprint density at radius 1 is 1.00 bits per heavy atom. The van der Waals surface area contributed by atoms with E-state index in [2.05, 4.69) is 0 Å². The van der Waals surface area contributed by atoms with Crippen LogP contribution in [0, 0.1) is 0 Å². The molecule has 0 heterocycles. The molecule has 0 bridgehead atoms. The lowest BCUT2D eigenvalue weighted by atomic mass is 18.8. The lowest BCUT2D eigenvalue weighted by Crippen LogP contribution is -3.00. The van der Waals surface area contributed by atoms with E-state index in [1.807, 2.05) is 0 Å². The van der Waals surface area contributed by atoms with E-state index in [0.29, 0.717) is 0 Å². The summed E-state index contributed by atoms with van der Waals surface area (Å²) in [4.78, 5) is 0. The van der Waals surface area contributed by atoms with E-state index in [4.69, 9.17) is 0 Å². The minimum Gasteiger partial charge on any atom is -1.00 e. The number of rotatable bonds is 0. The van der Waals surface area contributed by atoms with Gasteiger partial charge in [0.15, 0.2) is 0 Å². The molecule has 0 aliphatic rings. The smallest absolute Gasteiger partial charge is 0.661 e. The van der Waals surface area contributed by atoms with Gasteiger partial charge in [0.05, 0.1) is 0 Å². The van der Waals surface area contributed by atoms with Crippen LogP contribution in [-0.2, 0) is 12.1 Å². The Morgan fingerprint density at radius 3 is 1.00 bits per heavy atom. The van der Waals surface area contributed by atoms with Crippen LogP contribution in [0.5, 0.6) is 0 Å². The van der Waals surface area contributed by atoms with Crippen molar-refractivity contribution in [3.63, 3.8) is 0 Å². The molecule has 0 saturated carbocycles. The average molecular weight is 125 g/mol. The highest BCUT2D eigenvalue weighted by Gasteiger charge is 2.14. The van der Waals surface area contributed by atoms with Crippen LogP contribution >= 0.6 is 0 Å². The van der Waals surface area contributed by atoms with Crippen LogP contribution in [0.1, 0.15) is 0 Å². The fourth-order valence-electron chi connectivity index (χ4n) is 0. The van der Waals surface area contributed by atoms with E-state index in [1.54, 1.807) is 0 Å². The van der Waals surface area contributed by atoms with E-state index in [1.165, 1.54) is 0 Å². The van der Waals surface area contributed by atoms with Crippen LogP contribution in [0.15, 0.2) is 0 Å². The molecule has 0 rings (SSSR count). The quantitative estimate of drug-likeness (QED) is 0.337. The van der Waals surface area contributed by atoms with Crippen molar-refractivity contribution in [2.45, 2.75) is 0 Å². The van der Waals surface area contributed by atoms with Crippen molar-refractivity contribution < 1.29 is 24.1 Å². The average Bonchev–Trinajstić information content (AvgIpc) is 0.811. The molecule has 0 aromatic rings. The number of hydrogen-bond acceptors (Lipinski definition) is 0. The summed E-state index contributed by atoms with van der Waals surface area (Å²) in [5, 5.41) is 0. The van der Waals surface area contributed by atoms with Crippen molar-refractivity contribution in [1.29, 1.82) is 0 Å². The van der Waals surface area contributed by atoms with Gasteiger partial charge < -0.3 is 12.4 Å². The molecular formula is ClF3S. The summed E-state index contributed by atoms with van der Waals surface area (Å²) < 4.78 is 29.1. The maximum Gasteiger partial charge on any atom is 0.661 e. The zero-order chi connectivity index (χ0) is 3.58. The SMILES string of the molecule is F[S+](F)F.[Cl-]. The van der Waals surface area contributed by atoms with E-state index >= 15 is 0 Å². The Hall–Kier alpha value is 0.430. The van der Waals surface area contributed by atoms with Gasteiger partial charge in [-0.3, -0.25) is 0 Å². The van der Waals surface area contributed by atoms with Crippen molar-refractivity contribution in [2.75, 3.05) is 0 Å². The lowest BCUT2D eigenvalue weighted by molar-refractivity contribution is -0.00000332. The second-order valence-electron chi connectivity index (χ2n) is 0.175. The molecule has 0 aliphatic heterocycles. The van der Waals surface area contributed by atoms with Gasteiger partial charge in [0.2, 0.25) is 0 Å². The molecule has 0 atom stereocenters. The summed E-state index contributed by atoms with van der Waals surface area (Å²) in [6, 6.07) is 0. The molecule has 0 aromatic carbocycles. The molecule has 5 heavy (non-hydrogen) atoms. The summed E-state index contributed by atoms with van der Waals surface area (Å²) in [7, 11) is 0. The molecule has 0 saturated heterocycles. The monoisotopic (exact) mass is 124 g/mol. The van der Waals surface area contributed by atoms with Crippen molar-refractivity contribution in [2.24, 2.45) is 0 Å². The normalized spacial score (nSPS) is 7.20. The second kappa shape index (κ2) is 4.43. The Morgan fingerprint density at radius 2 is 1.00 bits per heavy atom. The highest BCUT2D eigenvalue weighted by atomic mass is 35.5. The van der Waals surface area contributed by atoms with Crippen molar-refractivity contribution in [3.8, 4) is 0 Å². The molecule has 0 spiro atoms. The molecule has 0 unspecified atom stereocenters.